The summed E-state index contributed by atoms with van der Waals surface area (Å²) >= 11 is 0. The third kappa shape index (κ3) is 1.64. The molecule has 1 aromatic rings. The summed E-state index contributed by atoms with van der Waals surface area (Å²) in [5.41, 5.74) is 0.317. The van der Waals surface area contributed by atoms with Crippen molar-refractivity contribution < 1.29 is 9.90 Å². The van der Waals surface area contributed by atoms with Crippen LogP contribution in [-0.4, -0.2) is 20.6 Å². The van der Waals surface area contributed by atoms with E-state index in [1.54, 1.807) is 6.33 Å². The number of imidazole rings is 1. The number of nitrogens with zero attached hydrogens (tertiary/aromatic N) is 2. The highest BCUT2D eigenvalue weighted by molar-refractivity contribution is 5.85. The summed E-state index contributed by atoms with van der Waals surface area (Å²) in [7, 11) is 0. The van der Waals surface area contributed by atoms with E-state index in [9.17, 15) is 4.79 Å². The fourth-order valence-corrected chi connectivity index (χ4v) is 2.12. The molecule has 1 aliphatic carbocycles. The van der Waals surface area contributed by atoms with Crippen LogP contribution >= 0.6 is 0 Å². The SMILES string of the molecule is O=C(O)c1cncn1C1CCCCC1. The van der Waals surface area contributed by atoms with E-state index in [2.05, 4.69) is 4.98 Å². The zero-order chi connectivity index (χ0) is 9.97. The van der Waals surface area contributed by atoms with Crippen molar-refractivity contribution in [2.24, 2.45) is 0 Å². The summed E-state index contributed by atoms with van der Waals surface area (Å²) in [5, 5.41) is 8.92. The van der Waals surface area contributed by atoms with Gasteiger partial charge < -0.3 is 9.67 Å². The minimum absolute atomic E-state index is 0.317. The number of hydrogen-bond donors (Lipinski definition) is 1. The zero-order valence-corrected chi connectivity index (χ0v) is 8.02. The largest absolute Gasteiger partial charge is 0.477 e. The molecule has 0 spiro atoms. The first-order valence-electron chi connectivity index (χ1n) is 5.04. The molecule has 1 heterocycles. The average Bonchev–Trinajstić information content (AvgIpc) is 2.67. The number of rotatable bonds is 2. The first-order chi connectivity index (χ1) is 6.79. The second-order valence-corrected chi connectivity index (χ2v) is 3.78. The van der Waals surface area contributed by atoms with Gasteiger partial charge in [-0.15, -0.1) is 0 Å². The Kier molecular flexibility index (Phi) is 2.52. The first-order valence-corrected chi connectivity index (χ1v) is 5.04. The third-order valence-corrected chi connectivity index (χ3v) is 2.85. The lowest BCUT2D eigenvalue weighted by atomic mass is 9.95. The molecule has 76 valence electrons. The van der Waals surface area contributed by atoms with Crippen molar-refractivity contribution in [1.82, 2.24) is 9.55 Å². The van der Waals surface area contributed by atoms with Crippen molar-refractivity contribution in [2.45, 2.75) is 38.1 Å². The topological polar surface area (TPSA) is 55.1 Å². The molecule has 4 heteroatoms. The fraction of sp³-hybridized carbons (Fsp3) is 0.600. The summed E-state index contributed by atoms with van der Waals surface area (Å²) in [5.74, 6) is -0.881. The van der Waals surface area contributed by atoms with E-state index in [1.807, 2.05) is 4.57 Å². The molecule has 0 radical (unpaired) electrons. The van der Waals surface area contributed by atoms with Gasteiger partial charge >= 0.3 is 5.97 Å². The van der Waals surface area contributed by atoms with Crippen molar-refractivity contribution >= 4 is 5.97 Å². The van der Waals surface area contributed by atoms with Crippen LogP contribution in [0.1, 0.15) is 48.6 Å². The molecule has 0 aliphatic heterocycles. The van der Waals surface area contributed by atoms with Crippen LogP contribution in [0.2, 0.25) is 0 Å². The maximum Gasteiger partial charge on any atom is 0.354 e. The normalized spacial score (nSPS) is 18.3. The van der Waals surface area contributed by atoms with Gasteiger partial charge in [0, 0.05) is 6.04 Å². The minimum atomic E-state index is -0.881. The van der Waals surface area contributed by atoms with Gasteiger partial charge in [-0.05, 0) is 12.8 Å². The lowest BCUT2D eigenvalue weighted by Gasteiger charge is -2.23. The molecular weight excluding hydrogens is 180 g/mol. The van der Waals surface area contributed by atoms with Gasteiger partial charge in [0.1, 0.15) is 5.69 Å². The molecule has 0 bridgehead atoms. The molecule has 0 saturated heterocycles. The summed E-state index contributed by atoms with van der Waals surface area (Å²) in [6.07, 6.45) is 8.89. The van der Waals surface area contributed by atoms with Crippen LogP contribution in [0.3, 0.4) is 0 Å². The van der Waals surface area contributed by atoms with E-state index in [4.69, 9.17) is 5.11 Å². The van der Waals surface area contributed by atoms with Gasteiger partial charge in [-0.1, -0.05) is 19.3 Å². The Hall–Kier alpha value is -1.32. The molecule has 14 heavy (non-hydrogen) atoms. The Balaban J connectivity index is 2.21. The smallest absolute Gasteiger partial charge is 0.354 e. The van der Waals surface area contributed by atoms with Gasteiger partial charge in [0.05, 0.1) is 12.5 Å². The lowest BCUT2D eigenvalue weighted by molar-refractivity contribution is 0.0681. The number of hydrogen-bond acceptors (Lipinski definition) is 2. The molecule has 2 rings (SSSR count). The second-order valence-electron chi connectivity index (χ2n) is 3.78. The van der Waals surface area contributed by atoms with Gasteiger partial charge in [-0.3, -0.25) is 0 Å². The first kappa shape index (κ1) is 9.24. The molecule has 1 aromatic heterocycles. The molecule has 1 fully saturated rings. The van der Waals surface area contributed by atoms with Gasteiger partial charge in [-0.2, -0.15) is 0 Å². The average molecular weight is 194 g/mol. The predicted octanol–water partition coefficient (Wildman–Crippen LogP) is 2.09. The summed E-state index contributed by atoms with van der Waals surface area (Å²) in [6.45, 7) is 0. The zero-order valence-electron chi connectivity index (χ0n) is 8.02. The maximum atomic E-state index is 10.9. The van der Waals surface area contributed by atoms with Crippen LogP contribution in [0.4, 0.5) is 0 Å². The summed E-state index contributed by atoms with van der Waals surface area (Å²) < 4.78 is 1.81. The highest BCUT2D eigenvalue weighted by atomic mass is 16.4. The highest BCUT2D eigenvalue weighted by Crippen LogP contribution is 2.28. The van der Waals surface area contributed by atoms with Crippen LogP contribution in [0.15, 0.2) is 12.5 Å². The fourth-order valence-electron chi connectivity index (χ4n) is 2.12. The molecule has 0 amide bonds. The Morgan fingerprint density at radius 2 is 2.14 bits per heavy atom. The van der Waals surface area contributed by atoms with Crippen molar-refractivity contribution in [1.29, 1.82) is 0 Å². The molecule has 0 atom stereocenters. The van der Waals surface area contributed by atoms with Gasteiger partial charge in [0.25, 0.3) is 0 Å². The molecule has 0 unspecified atom stereocenters. The van der Waals surface area contributed by atoms with E-state index >= 15 is 0 Å². The van der Waals surface area contributed by atoms with Gasteiger partial charge in [0.2, 0.25) is 0 Å². The number of carbonyl (C=O) groups is 1. The number of carboxylic acid groups (broad SMARTS) is 1. The maximum absolute atomic E-state index is 10.9. The van der Waals surface area contributed by atoms with E-state index < -0.39 is 5.97 Å². The predicted molar refractivity (Wildman–Crippen MR) is 51.3 cm³/mol. The van der Waals surface area contributed by atoms with Crippen LogP contribution in [0, 0.1) is 0 Å². The van der Waals surface area contributed by atoms with Crippen molar-refractivity contribution in [3.8, 4) is 0 Å². The van der Waals surface area contributed by atoms with Crippen molar-refractivity contribution in [3.63, 3.8) is 0 Å². The lowest BCUT2D eigenvalue weighted by Crippen LogP contribution is -2.16. The van der Waals surface area contributed by atoms with Crippen LogP contribution in [0.5, 0.6) is 0 Å². The van der Waals surface area contributed by atoms with E-state index in [-0.39, 0.29) is 0 Å². The Morgan fingerprint density at radius 1 is 1.43 bits per heavy atom. The van der Waals surface area contributed by atoms with E-state index in [0.29, 0.717) is 11.7 Å². The molecule has 1 N–H and O–H groups in total. The standard InChI is InChI=1S/C10H14N2O2/c13-10(14)9-6-11-7-12(9)8-4-2-1-3-5-8/h6-8H,1-5H2,(H,13,14). The number of carboxylic acids is 1. The number of aromatic nitrogens is 2. The molecule has 1 saturated carbocycles. The monoisotopic (exact) mass is 194 g/mol. The molecule has 1 aliphatic rings. The van der Waals surface area contributed by atoms with Gasteiger partial charge in [0.15, 0.2) is 0 Å². The third-order valence-electron chi connectivity index (χ3n) is 2.85. The molecule has 4 nitrogen and oxygen atoms in total. The molecule has 0 aromatic carbocycles. The van der Waals surface area contributed by atoms with Crippen LogP contribution in [-0.2, 0) is 0 Å². The summed E-state index contributed by atoms with van der Waals surface area (Å²) in [6, 6.07) is 0.345. The molecular formula is C10H14N2O2. The Bertz CT molecular complexity index is 327. The number of aromatic carboxylic acids is 1. The van der Waals surface area contributed by atoms with E-state index in [1.165, 1.54) is 25.5 Å². The summed E-state index contributed by atoms with van der Waals surface area (Å²) in [4.78, 5) is 14.8. The Morgan fingerprint density at radius 3 is 2.79 bits per heavy atom. The quantitative estimate of drug-likeness (QED) is 0.784. The van der Waals surface area contributed by atoms with E-state index in [0.717, 1.165) is 12.8 Å². The van der Waals surface area contributed by atoms with Crippen LogP contribution < -0.4 is 0 Å². The van der Waals surface area contributed by atoms with Crippen molar-refractivity contribution in [2.75, 3.05) is 0 Å². The highest BCUT2D eigenvalue weighted by Gasteiger charge is 2.19. The Labute approximate surface area is 82.6 Å². The van der Waals surface area contributed by atoms with Crippen LogP contribution in [0.25, 0.3) is 0 Å². The van der Waals surface area contributed by atoms with Gasteiger partial charge in [-0.25, -0.2) is 9.78 Å². The second kappa shape index (κ2) is 3.82. The van der Waals surface area contributed by atoms with Crippen molar-refractivity contribution in [3.05, 3.63) is 18.2 Å². The minimum Gasteiger partial charge on any atom is -0.477 e.